The van der Waals surface area contributed by atoms with Crippen LogP contribution in [0, 0.1) is 13.8 Å². The Bertz CT molecular complexity index is 1060. The number of nitrogens with zero attached hydrogens (tertiary/aromatic N) is 3. The van der Waals surface area contributed by atoms with Crippen LogP contribution in [0.25, 0.3) is 5.69 Å². The fraction of sp³-hybridized carbons (Fsp3) is 0.143. The van der Waals surface area contributed by atoms with Crippen LogP contribution in [0.2, 0.25) is 5.02 Å². The predicted molar refractivity (Wildman–Crippen MR) is 112 cm³/mol. The number of para-hydroxylation sites is 1. The van der Waals surface area contributed by atoms with Crippen LogP contribution in [0.5, 0.6) is 0 Å². The molecule has 2 N–H and O–H groups in total. The number of carbonyl (C=O) groups excluding carboxylic acids is 2. The quantitative estimate of drug-likeness (QED) is 0.386. The van der Waals surface area contributed by atoms with Crippen LogP contribution >= 0.6 is 11.6 Å². The molecule has 8 heteroatoms. The number of amides is 2. The Morgan fingerprint density at radius 2 is 1.97 bits per heavy atom. The molecule has 0 spiro atoms. The van der Waals surface area contributed by atoms with Crippen molar-refractivity contribution in [1.29, 1.82) is 0 Å². The summed E-state index contributed by atoms with van der Waals surface area (Å²) in [7, 11) is 0. The second-order valence-corrected chi connectivity index (χ2v) is 6.76. The van der Waals surface area contributed by atoms with Gasteiger partial charge in [-0.3, -0.25) is 14.6 Å². The van der Waals surface area contributed by atoms with Gasteiger partial charge in [-0.05, 0) is 43.7 Å². The van der Waals surface area contributed by atoms with E-state index in [4.69, 9.17) is 11.6 Å². The number of pyridine rings is 1. The van der Waals surface area contributed by atoms with Crippen molar-refractivity contribution in [2.45, 2.75) is 20.4 Å². The number of halogens is 1. The maximum Gasteiger partial charge on any atom is 0.329 e. The van der Waals surface area contributed by atoms with Crippen molar-refractivity contribution in [3.63, 3.8) is 0 Å². The molecule has 7 nitrogen and oxygen atoms in total. The Morgan fingerprint density at radius 1 is 1.17 bits per heavy atom. The van der Waals surface area contributed by atoms with E-state index in [-0.39, 0.29) is 6.54 Å². The van der Waals surface area contributed by atoms with Crippen LogP contribution in [-0.2, 0) is 16.1 Å². The van der Waals surface area contributed by atoms with E-state index in [1.54, 1.807) is 24.5 Å². The SMILES string of the molecule is Cc1cc(C=NNC(=O)C(=O)NCc2cccnc2)c(C)n1-c1ccccc1Cl. The third-order valence-electron chi connectivity index (χ3n) is 4.32. The van der Waals surface area contributed by atoms with Gasteiger partial charge < -0.3 is 9.88 Å². The number of hydrazone groups is 1. The summed E-state index contributed by atoms with van der Waals surface area (Å²) >= 11 is 6.31. The second-order valence-electron chi connectivity index (χ2n) is 6.36. The number of hydrogen-bond donors (Lipinski definition) is 2. The molecule has 0 bridgehead atoms. The molecule has 0 fully saturated rings. The number of carbonyl (C=O) groups is 2. The van der Waals surface area contributed by atoms with Crippen LogP contribution in [0.3, 0.4) is 0 Å². The Balaban J connectivity index is 1.63. The first-order chi connectivity index (χ1) is 14.0. The van der Waals surface area contributed by atoms with Crippen molar-refractivity contribution >= 4 is 29.6 Å². The normalized spacial score (nSPS) is 10.9. The molecule has 2 amide bonds. The van der Waals surface area contributed by atoms with E-state index in [0.717, 1.165) is 28.2 Å². The average molecular weight is 410 g/mol. The smallest absolute Gasteiger partial charge is 0.329 e. The second kappa shape index (κ2) is 9.16. The highest BCUT2D eigenvalue weighted by molar-refractivity contribution is 6.35. The van der Waals surface area contributed by atoms with E-state index in [2.05, 4.69) is 20.8 Å². The standard InChI is InChI=1S/C21H20ClN5O2/c1-14-10-17(15(2)27(14)19-8-4-3-7-18(19)22)13-25-26-21(29)20(28)24-12-16-6-5-9-23-11-16/h3-11,13H,12H2,1-2H3,(H,24,28)(H,26,29). The Kier molecular flexibility index (Phi) is 6.41. The minimum atomic E-state index is -0.843. The topological polar surface area (TPSA) is 88.4 Å². The van der Waals surface area contributed by atoms with Gasteiger partial charge in [-0.1, -0.05) is 29.8 Å². The molecule has 3 rings (SSSR count). The van der Waals surface area contributed by atoms with Gasteiger partial charge in [0.05, 0.1) is 16.9 Å². The van der Waals surface area contributed by atoms with Gasteiger partial charge in [-0.2, -0.15) is 5.10 Å². The van der Waals surface area contributed by atoms with Gasteiger partial charge >= 0.3 is 11.8 Å². The first-order valence-corrected chi connectivity index (χ1v) is 9.29. The molecule has 3 aromatic rings. The molecule has 0 radical (unpaired) electrons. The van der Waals surface area contributed by atoms with Crippen LogP contribution in [0.1, 0.15) is 22.5 Å². The van der Waals surface area contributed by atoms with Gasteiger partial charge in [0.1, 0.15) is 0 Å². The van der Waals surface area contributed by atoms with E-state index in [9.17, 15) is 9.59 Å². The van der Waals surface area contributed by atoms with Crippen molar-refractivity contribution in [2.75, 3.05) is 0 Å². The summed E-state index contributed by atoms with van der Waals surface area (Å²) in [5.74, 6) is -1.61. The van der Waals surface area contributed by atoms with Crippen molar-refractivity contribution in [3.8, 4) is 5.69 Å². The third kappa shape index (κ3) is 4.89. The maximum atomic E-state index is 11.9. The molecule has 2 heterocycles. The Labute approximate surface area is 173 Å². The van der Waals surface area contributed by atoms with E-state index in [1.165, 1.54) is 6.21 Å². The molecule has 0 saturated carbocycles. The fourth-order valence-electron chi connectivity index (χ4n) is 2.90. The summed E-state index contributed by atoms with van der Waals surface area (Å²) < 4.78 is 2.01. The lowest BCUT2D eigenvalue weighted by atomic mass is 10.2. The highest BCUT2D eigenvalue weighted by Gasteiger charge is 2.13. The fourth-order valence-corrected chi connectivity index (χ4v) is 3.12. The lowest BCUT2D eigenvalue weighted by molar-refractivity contribution is -0.139. The molecule has 0 aliphatic heterocycles. The van der Waals surface area contributed by atoms with Crippen LogP contribution in [0.15, 0.2) is 60.0 Å². The summed E-state index contributed by atoms with van der Waals surface area (Å²) in [5, 5.41) is 7.06. The number of benzene rings is 1. The van der Waals surface area contributed by atoms with Gasteiger partial charge in [0.25, 0.3) is 0 Å². The average Bonchev–Trinajstić information content (AvgIpc) is 3.00. The Morgan fingerprint density at radius 3 is 2.69 bits per heavy atom. The number of rotatable bonds is 5. The number of aryl methyl sites for hydroxylation is 1. The summed E-state index contributed by atoms with van der Waals surface area (Å²) in [6.45, 7) is 4.10. The molecule has 148 valence electrons. The molecule has 0 unspecified atom stereocenters. The summed E-state index contributed by atoms with van der Waals surface area (Å²) in [6, 6.07) is 13.0. The zero-order chi connectivity index (χ0) is 20.8. The zero-order valence-corrected chi connectivity index (χ0v) is 16.8. The lowest BCUT2D eigenvalue weighted by Gasteiger charge is -2.11. The monoisotopic (exact) mass is 409 g/mol. The highest BCUT2D eigenvalue weighted by atomic mass is 35.5. The van der Waals surface area contributed by atoms with Crippen LogP contribution in [0.4, 0.5) is 0 Å². The highest BCUT2D eigenvalue weighted by Crippen LogP contribution is 2.25. The predicted octanol–water partition coefficient (Wildman–Crippen LogP) is 2.91. The minimum absolute atomic E-state index is 0.211. The number of hydrogen-bond acceptors (Lipinski definition) is 4. The largest absolute Gasteiger partial charge is 0.344 e. The number of aromatic nitrogens is 2. The summed E-state index contributed by atoms with van der Waals surface area (Å²) in [6.07, 6.45) is 4.75. The van der Waals surface area contributed by atoms with Gasteiger partial charge in [-0.25, -0.2) is 5.43 Å². The first kappa shape index (κ1) is 20.3. The third-order valence-corrected chi connectivity index (χ3v) is 4.64. The molecule has 0 aliphatic carbocycles. The summed E-state index contributed by atoms with van der Waals surface area (Å²) in [5.41, 5.74) is 6.59. The molecule has 0 atom stereocenters. The maximum absolute atomic E-state index is 11.9. The van der Waals surface area contributed by atoms with E-state index >= 15 is 0 Å². The van der Waals surface area contributed by atoms with E-state index < -0.39 is 11.8 Å². The van der Waals surface area contributed by atoms with Crippen LogP contribution < -0.4 is 10.7 Å². The van der Waals surface area contributed by atoms with E-state index in [0.29, 0.717) is 5.02 Å². The minimum Gasteiger partial charge on any atom is -0.344 e. The van der Waals surface area contributed by atoms with Crippen molar-refractivity contribution in [1.82, 2.24) is 20.3 Å². The van der Waals surface area contributed by atoms with Crippen LogP contribution in [-0.4, -0.2) is 27.6 Å². The molecule has 29 heavy (non-hydrogen) atoms. The number of nitrogens with one attached hydrogen (secondary N) is 2. The molecule has 0 aliphatic rings. The molecular formula is C21H20ClN5O2. The molecular weight excluding hydrogens is 390 g/mol. The molecule has 1 aromatic carbocycles. The van der Waals surface area contributed by atoms with Crippen molar-refractivity contribution < 1.29 is 9.59 Å². The lowest BCUT2D eigenvalue weighted by Crippen LogP contribution is -2.37. The van der Waals surface area contributed by atoms with Crippen molar-refractivity contribution in [3.05, 3.63) is 82.4 Å². The van der Waals surface area contributed by atoms with E-state index in [1.807, 2.05) is 48.7 Å². The molecule has 0 saturated heterocycles. The van der Waals surface area contributed by atoms with Gasteiger partial charge in [0, 0.05) is 35.9 Å². The summed E-state index contributed by atoms with van der Waals surface area (Å²) in [4.78, 5) is 27.7. The van der Waals surface area contributed by atoms with Gasteiger partial charge in [0.2, 0.25) is 0 Å². The van der Waals surface area contributed by atoms with Crippen molar-refractivity contribution in [2.24, 2.45) is 5.10 Å². The Hall–Kier alpha value is -3.45. The van der Waals surface area contributed by atoms with Gasteiger partial charge in [0.15, 0.2) is 0 Å². The zero-order valence-electron chi connectivity index (χ0n) is 16.0. The first-order valence-electron chi connectivity index (χ1n) is 8.91. The molecule has 2 aromatic heterocycles. The van der Waals surface area contributed by atoms with Gasteiger partial charge in [-0.15, -0.1) is 0 Å².